The molecule has 1 unspecified atom stereocenters. The van der Waals surface area contributed by atoms with Gasteiger partial charge in [0.05, 0.1) is 16.5 Å². The van der Waals surface area contributed by atoms with Gasteiger partial charge in [-0.3, -0.25) is 0 Å². The number of nitrogens with one attached hydrogen (secondary N) is 1. The van der Waals surface area contributed by atoms with Crippen LogP contribution in [-0.2, 0) is 10.0 Å². The van der Waals surface area contributed by atoms with Crippen LogP contribution < -0.4 is 4.72 Å². The molecule has 0 radical (unpaired) electrons. The van der Waals surface area contributed by atoms with Crippen LogP contribution in [0.25, 0.3) is 0 Å². The largest absolute Gasteiger partial charge is 0.478 e. The number of hydrogen-bond acceptors (Lipinski definition) is 4. The summed E-state index contributed by atoms with van der Waals surface area (Å²) in [7, 11) is -3.66. The third kappa shape index (κ3) is 3.24. The summed E-state index contributed by atoms with van der Waals surface area (Å²) in [6.07, 6.45) is 0. The van der Waals surface area contributed by atoms with E-state index >= 15 is 0 Å². The van der Waals surface area contributed by atoms with E-state index in [1.54, 1.807) is 6.92 Å². The number of hydrogen-bond donors (Lipinski definition) is 2. The summed E-state index contributed by atoms with van der Waals surface area (Å²) >= 11 is 1.47. The van der Waals surface area contributed by atoms with Crippen molar-refractivity contribution >= 4 is 27.3 Å². The number of carbonyl (C=O) groups is 1. The molecule has 1 aromatic carbocycles. The zero-order chi connectivity index (χ0) is 14.8. The Balaban J connectivity index is 2.20. The monoisotopic (exact) mass is 311 g/mol. The van der Waals surface area contributed by atoms with E-state index in [9.17, 15) is 13.2 Å². The summed E-state index contributed by atoms with van der Waals surface area (Å²) in [5, 5.41) is 10.7. The van der Waals surface area contributed by atoms with E-state index in [4.69, 9.17) is 5.11 Å². The molecular weight excluding hydrogens is 298 g/mol. The lowest BCUT2D eigenvalue weighted by Gasteiger charge is -2.12. The number of thiophene rings is 1. The Morgan fingerprint density at radius 3 is 2.40 bits per heavy atom. The zero-order valence-electron chi connectivity index (χ0n) is 10.6. The van der Waals surface area contributed by atoms with Crippen molar-refractivity contribution in [1.29, 1.82) is 0 Å². The van der Waals surface area contributed by atoms with Crippen molar-refractivity contribution in [3.8, 4) is 0 Å². The maximum atomic E-state index is 12.2. The first kappa shape index (κ1) is 14.7. The third-order valence-corrected chi connectivity index (χ3v) is 5.33. The normalized spacial score (nSPS) is 13.1. The Hall–Kier alpha value is -1.70. The molecule has 0 bridgehead atoms. The highest BCUT2D eigenvalue weighted by Crippen LogP contribution is 2.21. The summed E-state index contributed by atoms with van der Waals surface area (Å²) in [4.78, 5) is 11.7. The van der Waals surface area contributed by atoms with Crippen LogP contribution in [0.2, 0.25) is 0 Å². The molecule has 0 fully saturated rings. The minimum absolute atomic E-state index is 0.0471. The molecule has 0 aliphatic rings. The Kier molecular flexibility index (Phi) is 4.22. The van der Waals surface area contributed by atoms with E-state index in [2.05, 4.69) is 4.72 Å². The fraction of sp³-hybridized carbons (Fsp3) is 0.154. The molecule has 0 saturated carbocycles. The molecule has 20 heavy (non-hydrogen) atoms. The van der Waals surface area contributed by atoms with Gasteiger partial charge in [0.1, 0.15) is 0 Å². The number of benzene rings is 1. The SMILES string of the molecule is CC(NS(=O)(=O)c1ccc(C(=O)O)cc1)c1cccs1. The maximum Gasteiger partial charge on any atom is 0.335 e. The van der Waals surface area contributed by atoms with Gasteiger partial charge in [-0.25, -0.2) is 17.9 Å². The Bertz CT molecular complexity index is 690. The summed E-state index contributed by atoms with van der Waals surface area (Å²) in [6, 6.07) is 8.48. The highest BCUT2D eigenvalue weighted by molar-refractivity contribution is 7.89. The van der Waals surface area contributed by atoms with Gasteiger partial charge < -0.3 is 5.11 Å². The second-order valence-electron chi connectivity index (χ2n) is 4.19. The highest BCUT2D eigenvalue weighted by Gasteiger charge is 2.19. The van der Waals surface area contributed by atoms with Gasteiger partial charge in [0, 0.05) is 4.88 Å². The van der Waals surface area contributed by atoms with Crippen LogP contribution in [0, 0.1) is 0 Å². The molecule has 0 aliphatic heterocycles. The number of carboxylic acids is 1. The minimum atomic E-state index is -3.66. The molecule has 106 valence electrons. The molecule has 0 spiro atoms. The van der Waals surface area contributed by atoms with Gasteiger partial charge in [0.15, 0.2) is 0 Å². The summed E-state index contributed by atoms with van der Waals surface area (Å²) in [5.74, 6) is -1.09. The summed E-state index contributed by atoms with van der Waals surface area (Å²) in [5.41, 5.74) is 0.0512. The molecule has 1 heterocycles. The van der Waals surface area contributed by atoms with Gasteiger partial charge in [0.2, 0.25) is 10.0 Å². The average Bonchev–Trinajstić information content (AvgIpc) is 2.92. The van der Waals surface area contributed by atoms with Crippen LogP contribution in [0.4, 0.5) is 0 Å². The number of aromatic carboxylic acids is 1. The van der Waals surface area contributed by atoms with Crippen molar-refractivity contribution in [2.75, 3.05) is 0 Å². The molecule has 0 aliphatic carbocycles. The molecule has 1 aromatic heterocycles. The zero-order valence-corrected chi connectivity index (χ0v) is 12.2. The first-order chi connectivity index (χ1) is 9.40. The Morgan fingerprint density at radius 2 is 1.90 bits per heavy atom. The first-order valence-electron chi connectivity index (χ1n) is 5.79. The average molecular weight is 311 g/mol. The van der Waals surface area contributed by atoms with Crippen molar-refractivity contribution in [3.05, 3.63) is 52.2 Å². The van der Waals surface area contributed by atoms with E-state index in [-0.39, 0.29) is 16.5 Å². The fourth-order valence-corrected chi connectivity index (χ4v) is 3.71. The molecule has 2 aromatic rings. The van der Waals surface area contributed by atoms with Crippen LogP contribution in [-0.4, -0.2) is 19.5 Å². The molecule has 5 nitrogen and oxygen atoms in total. The van der Waals surface area contributed by atoms with Gasteiger partial charge in [-0.05, 0) is 42.6 Å². The Morgan fingerprint density at radius 1 is 1.25 bits per heavy atom. The van der Waals surface area contributed by atoms with Gasteiger partial charge in [-0.1, -0.05) is 6.07 Å². The molecular formula is C13H13NO4S2. The predicted molar refractivity (Wildman–Crippen MR) is 76.5 cm³/mol. The molecule has 2 rings (SSSR count). The van der Waals surface area contributed by atoms with E-state index < -0.39 is 16.0 Å². The van der Waals surface area contributed by atoms with Crippen molar-refractivity contribution in [2.45, 2.75) is 17.9 Å². The topological polar surface area (TPSA) is 83.5 Å². The van der Waals surface area contributed by atoms with Crippen LogP contribution in [0.15, 0.2) is 46.7 Å². The molecule has 2 N–H and O–H groups in total. The van der Waals surface area contributed by atoms with Gasteiger partial charge >= 0.3 is 5.97 Å². The Labute approximate surface area is 120 Å². The van der Waals surface area contributed by atoms with E-state index in [1.807, 2.05) is 17.5 Å². The van der Waals surface area contributed by atoms with Crippen molar-refractivity contribution in [3.63, 3.8) is 0 Å². The van der Waals surface area contributed by atoms with Crippen LogP contribution in [0.3, 0.4) is 0 Å². The predicted octanol–water partition coefficient (Wildman–Crippen LogP) is 2.49. The smallest absolute Gasteiger partial charge is 0.335 e. The molecule has 1 atom stereocenters. The molecule has 7 heteroatoms. The minimum Gasteiger partial charge on any atom is -0.478 e. The third-order valence-electron chi connectivity index (χ3n) is 2.71. The lowest BCUT2D eigenvalue weighted by molar-refractivity contribution is 0.0696. The molecule has 0 amide bonds. The van der Waals surface area contributed by atoms with E-state index in [0.29, 0.717) is 0 Å². The standard InChI is InChI=1S/C13H13NO4S2/c1-9(12-3-2-8-19-12)14-20(17,18)11-6-4-10(5-7-11)13(15)16/h2-9,14H,1H3,(H,15,16). The fourth-order valence-electron chi connectivity index (χ4n) is 1.67. The lowest BCUT2D eigenvalue weighted by Crippen LogP contribution is -2.26. The van der Waals surface area contributed by atoms with Crippen molar-refractivity contribution in [1.82, 2.24) is 4.72 Å². The van der Waals surface area contributed by atoms with Crippen molar-refractivity contribution in [2.24, 2.45) is 0 Å². The summed E-state index contributed by atoms with van der Waals surface area (Å²) < 4.78 is 26.9. The van der Waals surface area contributed by atoms with Gasteiger partial charge in [0.25, 0.3) is 0 Å². The quantitative estimate of drug-likeness (QED) is 0.888. The van der Waals surface area contributed by atoms with E-state index in [0.717, 1.165) is 4.88 Å². The van der Waals surface area contributed by atoms with Crippen LogP contribution >= 0.6 is 11.3 Å². The van der Waals surface area contributed by atoms with Crippen LogP contribution in [0.1, 0.15) is 28.2 Å². The number of rotatable bonds is 5. The highest BCUT2D eigenvalue weighted by atomic mass is 32.2. The number of carboxylic acid groups (broad SMARTS) is 1. The number of sulfonamides is 1. The van der Waals surface area contributed by atoms with Crippen molar-refractivity contribution < 1.29 is 18.3 Å². The second-order valence-corrected chi connectivity index (χ2v) is 6.88. The maximum absolute atomic E-state index is 12.2. The summed E-state index contributed by atoms with van der Waals surface area (Å²) in [6.45, 7) is 1.76. The van der Waals surface area contributed by atoms with Gasteiger partial charge in [-0.2, -0.15) is 0 Å². The lowest BCUT2D eigenvalue weighted by atomic mass is 10.2. The molecule has 0 saturated heterocycles. The first-order valence-corrected chi connectivity index (χ1v) is 8.15. The van der Waals surface area contributed by atoms with Crippen LogP contribution in [0.5, 0.6) is 0 Å². The van der Waals surface area contributed by atoms with Gasteiger partial charge in [-0.15, -0.1) is 11.3 Å². The van der Waals surface area contributed by atoms with E-state index in [1.165, 1.54) is 35.6 Å². The second kappa shape index (κ2) is 5.74.